The van der Waals surface area contributed by atoms with Crippen molar-refractivity contribution in [3.8, 4) is 34.2 Å². The van der Waals surface area contributed by atoms with Crippen molar-refractivity contribution in [1.29, 1.82) is 0 Å². The van der Waals surface area contributed by atoms with Gasteiger partial charge in [0.1, 0.15) is 11.4 Å². The number of carbonyl (C=O) groups excluding carboxylic acids is 2. The predicted octanol–water partition coefficient (Wildman–Crippen LogP) is 6.01. The van der Waals surface area contributed by atoms with Crippen LogP contribution in [-0.4, -0.2) is 46.6 Å². The second kappa shape index (κ2) is 15.6. The lowest BCUT2D eigenvalue weighted by atomic mass is 9.95. The molecule has 268 valence electrons. The number of benzene rings is 3. The molecular weight excluding hydrogens is 681 g/mol. The molecule has 12 heteroatoms. The Morgan fingerprint density at radius 2 is 1.77 bits per heavy atom. The molecule has 0 radical (unpaired) electrons. The Bertz CT molecular complexity index is 2320. The monoisotopic (exact) mass is 720 g/mol. The molecule has 0 unspecified atom stereocenters. The standard InChI is InChI=1S/C40H40N4O7S/c1-7-49-39(47)35-25(4)41-40-44(37(35)28-15-18-32(51-26(5)45)33(21-28)48-6)38(46)34(52-40)22-29-23-43(30-11-9-8-10-12-30)42-36(29)27-13-16-31(17-14-27)50-20-19-24(2)3/h8-18,21-24,37H,7,19-20H2,1-6H3/b34-22+/t37-/m0/s1. The highest BCUT2D eigenvalue weighted by atomic mass is 32.1. The zero-order chi connectivity index (χ0) is 36.9. The number of carbonyl (C=O) groups is 2. The van der Waals surface area contributed by atoms with Crippen molar-refractivity contribution in [3.05, 3.63) is 121 Å². The van der Waals surface area contributed by atoms with Crippen molar-refractivity contribution in [3.63, 3.8) is 0 Å². The summed E-state index contributed by atoms with van der Waals surface area (Å²) in [7, 11) is 1.45. The number of rotatable bonds is 12. The number of esters is 2. The molecule has 52 heavy (non-hydrogen) atoms. The molecule has 1 aliphatic rings. The highest BCUT2D eigenvalue weighted by Crippen LogP contribution is 2.36. The van der Waals surface area contributed by atoms with Gasteiger partial charge in [0.15, 0.2) is 16.3 Å². The molecule has 0 saturated heterocycles. The van der Waals surface area contributed by atoms with Crippen LogP contribution in [0.2, 0.25) is 0 Å². The van der Waals surface area contributed by atoms with Crippen LogP contribution in [0.3, 0.4) is 0 Å². The molecule has 3 aromatic carbocycles. The molecule has 6 rings (SSSR count). The fourth-order valence-corrected chi connectivity index (χ4v) is 6.93. The minimum absolute atomic E-state index is 0.140. The Hall–Kier alpha value is -5.75. The Morgan fingerprint density at radius 3 is 2.44 bits per heavy atom. The number of nitrogens with zero attached hydrogens (tertiary/aromatic N) is 4. The maximum Gasteiger partial charge on any atom is 0.338 e. The lowest BCUT2D eigenvalue weighted by Crippen LogP contribution is -2.40. The van der Waals surface area contributed by atoms with Crippen molar-refractivity contribution in [2.24, 2.45) is 10.9 Å². The third-order valence-electron chi connectivity index (χ3n) is 8.42. The van der Waals surface area contributed by atoms with Gasteiger partial charge in [0.25, 0.3) is 5.56 Å². The van der Waals surface area contributed by atoms with Crippen molar-refractivity contribution < 1.29 is 28.5 Å². The van der Waals surface area contributed by atoms with Crippen LogP contribution in [0.25, 0.3) is 23.0 Å². The summed E-state index contributed by atoms with van der Waals surface area (Å²) in [6, 6.07) is 21.5. The van der Waals surface area contributed by atoms with E-state index in [1.54, 1.807) is 36.7 Å². The minimum atomic E-state index is -0.896. The molecule has 3 heterocycles. The van der Waals surface area contributed by atoms with Crippen LogP contribution in [0.1, 0.15) is 58.2 Å². The van der Waals surface area contributed by atoms with Gasteiger partial charge >= 0.3 is 11.9 Å². The van der Waals surface area contributed by atoms with Crippen LogP contribution in [0.5, 0.6) is 17.2 Å². The van der Waals surface area contributed by atoms with Crippen LogP contribution in [-0.2, 0) is 14.3 Å². The summed E-state index contributed by atoms with van der Waals surface area (Å²) in [5, 5.41) is 4.95. The van der Waals surface area contributed by atoms with E-state index in [-0.39, 0.29) is 29.2 Å². The summed E-state index contributed by atoms with van der Waals surface area (Å²) >= 11 is 1.21. The fraction of sp³-hybridized carbons (Fsp3) is 0.275. The average molecular weight is 721 g/mol. The number of methoxy groups -OCH3 is 1. The maximum atomic E-state index is 14.5. The zero-order valence-electron chi connectivity index (χ0n) is 29.9. The van der Waals surface area contributed by atoms with E-state index in [4.69, 9.17) is 29.0 Å². The Labute approximate surface area is 305 Å². The van der Waals surface area contributed by atoms with Gasteiger partial charge in [-0.3, -0.25) is 14.2 Å². The number of aromatic nitrogens is 3. The third-order valence-corrected chi connectivity index (χ3v) is 9.40. The second-order valence-corrected chi connectivity index (χ2v) is 13.6. The summed E-state index contributed by atoms with van der Waals surface area (Å²) in [6.45, 7) is 9.83. The highest BCUT2D eigenvalue weighted by molar-refractivity contribution is 7.07. The minimum Gasteiger partial charge on any atom is -0.494 e. The summed E-state index contributed by atoms with van der Waals surface area (Å²) < 4.78 is 25.9. The molecule has 0 spiro atoms. The molecule has 0 N–H and O–H groups in total. The molecule has 1 atom stereocenters. The van der Waals surface area contributed by atoms with Gasteiger partial charge in [-0.15, -0.1) is 0 Å². The number of thiazole rings is 1. The number of allylic oxidation sites excluding steroid dienone is 1. The summed E-state index contributed by atoms with van der Waals surface area (Å²) in [6.07, 6.45) is 4.66. The highest BCUT2D eigenvalue weighted by Gasteiger charge is 2.34. The van der Waals surface area contributed by atoms with Crippen molar-refractivity contribution in [2.75, 3.05) is 20.3 Å². The van der Waals surface area contributed by atoms with E-state index in [9.17, 15) is 14.4 Å². The van der Waals surface area contributed by atoms with Gasteiger partial charge in [-0.25, -0.2) is 14.5 Å². The van der Waals surface area contributed by atoms with E-state index in [2.05, 4.69) is 13.8 Å². The molecule has 5 aromatic rings. The molecule has 0 amide bonds. The molecule has 11 nitrogen and oxygen atoms in total. The Kier molecular flexibility index (Phi) is 10.8. The molecular formula is C40H40N4O7S. The molecule has 2 aromatic heterocycles. The van der Waals surface area contributed by atoms with Gasteiger partial charge in [-0.2, -0.15) is 5.10 Å². The van der Waals surface area contributed by atoms with Gasteiger partial charge in [-0.1, -0.05) is 49.4 Å². The predicted molar refractivity (Wildman–Crippen MR) is 199 cm³/mol. The van der Waals surface area contributed by atoms with E-state index in [0.29, 0.717) is 44.4 Å². The first kappa shape index (κ1) is 36.1. The van der Waals surface area contributed by atoms with Crippen LogP contribution in [0.15, 0.2) is 100 Å². The molecule has 0 aliphatic carbocycles. The van der Waals surface area contributed by atoms with Crippen LogP contribution >= 0.6 is 11.3 Å². The number of hydrogen-bond donors (Lipinski definition) is 0. The van der Waals surface area contributed by atoms with Crippen molar-refractivity contribution in [1.82, 2.24) is 14.3 Å². The lowest BCUT2D eigenvalue weighted by molar-refractivity contribution is -0.139. The van der Waals surface area contributed by atoms with Crippen molar-refractivity contribution in [2.45, 2.75) is 47.1 Å². The number of hydrogen-bond acceptors (Lipinski definition) is 10. The van der Waals surface area contributed by atoms with Crippen LogP contribution in [0, 0.1) is 5.92 Å². The van der Waals surface area contributed by atoms with Crippen LogP contribution in [0.4, 0.5) is 0 Å². The largest absolute Gasteiger partial charge is 0.494 e. The first-order valence-corrected chi connectivity index (χ1v) is 17.8. The summed E-state index contributed by atoms with van der Waals surface area (Å²) in [5.41, 5.74) is 3.94. The van der Waals surface area contributed by atoms with Crippen molar-refractivity contribution >= 4 is 29.4 Å². The normalized spacial score (nSPS) is 14.2. The molecule has 0 fully saturated rings. The molecule has 1 aliphatic heterocycles. The number of ether oxygens (including phenoxy) is 4. The summed E-state index contributed by atoms with van der Waals surface area (Å²) in [5.74, 6) is 0.690. The van der Waals surface area contributed by atoms with Gasteiger partial charge in [0, 0.05) is 24.2 Å². The fourth-order valence-electron chi connectivity index (χ4n) is 5.89. The van der Waals surface area contributed by atoms with Gasteiger partial charge in [-0.05, 0) is 86.4 Å². The first-order chi connectivity index (χ1) is 25.1. The van der Waals surface area contributed by atoms with Crippen LogP contribution < -0.4 is 29.1 Å². The Balaban J connectivity index is 1.49. The van der Waals surface area contributed by atoms with E-state index >= 15 is 0 Å². The molecule has 0 bridgehead atoms. The number of fused-ring (bicyclic) bond motifs is 1. The first-order valence-electron chi connectivity index (χ1n) is 17.0. The zero-order valence-corrected chi connectivity index (χ0v) is 30.7. The second-order valence-electron chi connectivity index (χ2n) is 12.6. The van der Waals surface area contributed by atoms with Gasteiger partial charge < -0.3 is 18.9 Å². The smallest absolute Gasteiger partial charge is 0.338 e. The van der Waals surface area contributed by atoms with E-state index in [0.717, 1.165) is 23.4 Å². The Morgan fingerprint density at radius 1 is 1.02 bits per heavy atom. The average Bonchev–Trinajstić information content (AvgIpc) is 3.68. The quantitative estimate of drug-likeness (QED) is 0.114. The van der Waals surface area contributed by atoms with E-state index < -0.39 is 18.0 Å². The van der Waals surface area contributed by atoms with Gasteiger partial charge in [0.05, 0.1) is 47.9 Å². The number of para-hydroxylation sites is 1. The van der Waals surface area contributed by atoms with Gasteiger partial charge in [0.2, 0.25) is 0 Å². The van der Waals surface area contributed by atoms with E-state index in [1.165, 1.54) is 29.9 Å². The maximum absolute atomic E-state index is 14.5. The topological polar surface area (TPSA) is 123 Å². The third kappa shape index (κ3) is 7.62. The molecule has 0 saturated carbocycles. The SMILES string of the molecule is CCOC(=O)C1=C(C)N=c2s/c(=C/c3cn(-c4ccccc4)nc3-c3ccc(OCCC(C)C)cc3)c(=O)n2[C@H]1c1ccc(OC(C)=O)c(OC)c1. The summed E-state index contributed by atoms with van der Waals surface area (Å²) in [4.78, 5) is 44.8. The lowest BCUT2D eigenvalue weighted by Gasteiger charge is -2.25. The van der Waals surface area contributed by atoms with E-state index in [1.807, 2.05) is 66.9 Å².